The Balaban J connectivity index is 1.53. The van der Waals surface area contributed by atoms with Gasteiger partial charge in [0.2, 0.25) is 0 Å². The summed E-state index contributed by atoms with van der Waals surface area (Å²) in [5.41, 5.74) is 7.68. The quantitative estimate of drug-likeness (QED) is 0.533. The molecule has 2 aromatic rings. The Kier molecular flexibility index (Phi) is 7.50. The fourth-order valence-corrected chi connectivity index (χ4v) is 3.57. The number of hydrogen-bond acceptors (Lipinski definition) is 3. The minimum absolute atomic E-state index is 0.102. The number of ether oxygens (including phenoxy) is 1. The number of amides is 1. The third-order valence-electron chi connectivity index (χ3n) is 5.06. The highest BCUT2D eigenvalue weighted by Gasteiger charge is 2.25. The molecule has 3 N–H and O–H groups in total. The molecule has 0 spiro atoms. The van der Waals surface area contributed by atoms with E-state index in [1.54, 1.807) is 0 Å². The highest BCUT2D eigenvalue weighted by Crippen LogP contribution is 2.26. The molecule has 1 aliphatic heterocycles. The second-order valence-corrected chi connectivity index (χ2v) is 7.23. The molecule has 1 atom stereocenters. The SMILES string of the molecule is CCNC(=NCCc1ccc(OCC(N)=O)cc1)N1CCC(c2ccccc2)C1. The molecule has 0 bridgehead atoms. The van der Waals surface area contributed by atoms with Crippen LogP contribution in [-0.4, -0.2) is 49.6 Å². The van der Waals surface area contributed by atoms with Crippen LogP contribution in [0.2, 0.25) is 0 Å². The van der Waals surface area contributed by atoms with Crippen molar-refractivity contribution in [2.75, 3.05) is 32.8 Å². The fourth-order valence-electron chi connectivity index (χ4n) is 3.57. The summed E-state index contributed by atoms with van der Waals surface area (Å²) in [5, 5.41) is 3.43. The van der Waals surface area contributed by atoms with E-state index in [4.69, 9.17) is 15.5 Å². The third-order valence-corrected chi connectivity index (χ3v) is 5.06. The van der Waals surface area contributed by atoms with Gasteiger partial charge in [0, 0.05) is 32.1 Å². The lowest BCUT2D eigenvalue weighted by Crippen LogP contribution is -2.40. The largest absolute Gasteiger partial charge is 0.484 e. The Morgan fingerprint density at radius 3 is 2.66 bits per heavy atom. The highest BCUT2D eigenvalue weighted by atomic mass is 16.5. The van der Waals surface area contributed by atoms with E-state index in [-0.39, 0.29) is 6.61 Å². The highest BCUT2D eigenvalue weighted by molar-refractivity contribution is 5.80. The average Bonchev–Trinajstić information content (AvgIpc) is 3.23. The zero-order valence-corrected chi connectivity index (χ0v) is 17.0. The normalized spacial score (nSPS) is 16.7. The van der Waals surface area contributed by atoms with E-state index in [0.717, 1.165) is 45.0 Å². The van der Waals surface area contributed by atoms with Gasteiger partial charge in [0.15, 0.2) is 12.6 Å². The lowest BCUT2D eigenvalue weighted by atomic mass is 9.99. The molecule has 1 fully saturated rings. The van der Waals surface area contributed by atoms with Gasteiger partial charge in [0.05, 0.1) is 0 Å². The number of primary amides is 1. The Bertz CT molecular complexity index is 805. The summed E-state index contributed by atoms with van der Waals surface area (Å²) >= 11 is 0. The van der Waals surface area contributed by atoms with Gasteiger partial charge in [-0.1, -0.05) is 42.5 Å². The van der Waals surface area contributed by atoms with Crippen molar-refractivity contribution in [1.82, 2.24) is 10.2 Å². The van der Waals surface area contributed by atoms with Crippen molar-refractivity contribution >= 4 is 11.9 Å². The number of likely N-dealkylation sites (tertiary alicyclic amines) is 1. The number of nitrogens with two attached hydrogens (primary N) is 1. The van der Waals surface area contributed by atoms with Crippen LogP contribution in [0.25, 0.3) is 0 Å². The first-order valence-corrected chi connectivity index (χ1v) is 10.2. The lowest BCUT2D eigenvalue weighted by molar-refractivity contribution is -0.119. The summed E-state index contributed by atoms with van der Waals surface area (Å²) < 4.78 is 5.29. The molecule has 0 radical (unpaired) electrons. The number of nitrogens with one attached hydrogen (secondary N) is 1. The van der Waals surface area contributed by atoms with E-state index in [1.165, 1.54) is 11.1 Å². The molecule has 6 nitrogen and oxygen atoms in total. The van der Waals surface area contributed by atoms with Crippen LogP contribution in [0.3, 0.4) is 0 Å². The van der Waals surface area contributed by atoms with E-state index in [1.807, 2.05) is 24.3 Å². The monoisotopic (exact) mass is 394 g/mol. The van der Waals surface area contributed by atoms with Gasteiger partial charge in [-0.15, -0.1) is 0 Å². The maximum absolute atomic E-state index is 10.8. The van der Waals surface area contributed by atoms with E-state index in [0.29, 0.717) is 11.7 Å². The zero-order valence-electron chi connectivity index (χ0n) is 17.0. The van der Waals surface area contributed by atoms with Crippen LogP contribution in [0.5, 0.6) is 5.75 Å². The number of guanidine groups is 1. The number of nitrogens with zero attached hydrogens (tertiary/aromatic N) is 2. The summed E-state index contributed by atoms with van der Waals surface area (Å²) in [5.74, 6) is 1.73. The van der Waals surface area contributed by atoms with Gasteiger partial charge in [0.25, 0.3) is 5.91 Å². The van der Waals surface area contributed by atoms with Crippen molar-refractivity contribution in [3.63, 3.8) is 0 Å². The summed E-state index contributed by atoms with van der Waals surface area (Å²) in [6.45, 7) is 5.60. The first-order chi connectivity index (χ1) is 14.2. The smallest absolute Gasteiger partial charge is 0.255 e. The molecule has 0 saturated carbocycles. The van der Waals surface area contributed by atoms with E-state index in [2.05, 4.69) is 47.5 Å². The molecular weight excluding hydrogens is 364 g/mol. The molecule has 29 heavy (non-hydrogen) atoms. The molecule has 2 aromatic carbocycles. The number of hydrogen-bond donors (Lipinski definition) is 2. The minimum Gasteiger partial charge on any atom is -0.484 e. The van der Waals surface area contributed by atoms with Crippen molar-refractivity contribution in [3.8, 4) is 5.75 Å². The fraction of sp³-hybridized carbons (Fsp3) is 0.391. The van der Waals surface area contributed by atoms with Crippen molar-refractivity contribution in [1.29, 1.82) is 0 Å². The molecule has 1 aliphatic rings. The predicted molar refractivity (Wildman–Crippen MR) is 116 cm³/mol. The summed E-state index contributed by atoms with van der Waals surface area (Å²) in [6.07, 6.45) is 2.00. The van der Waals surface area contributed by atoms with Crippen molar-refractivity contribution in [3.05, 3.63) is 65.7 Å². The predicted octanol–water partition coefficient (Wildman–Crippen LogP) is 2.55. The standard InChI is InChI=1S/C23H30N4O2/c1-2-25-23(27-15-13-20(16-27)19-6-4-3-5-7-19)26-14-12-18-8-10-21(11-9-18)29-17-22(24)28/h3-11,20H,2,12-17H2,1H3,(H2,24,28)(H,25,26). The topological polar surface area (TPSA) is 80.0 Å². The molecule has 154 valence electrons. The van der Waals surface area contributed by atoms with Gasteiger partial charge >= 0.3 is 0 Å². The number of aliphatic imine (C=N–C) groups is 1. The average molecular weight is 395 g/mol. The first kappa shape index (κ1) is 20.7. The zero-order chi connectivity index (χ0) is 20.5. The van der Waals surface area contributed by atoms with Crippen LogP contribution < -0.4 is 15.8 Å². The summed E-state index contributed by atoms with van der Waals surface area (Å²) in [4.78, 5) is 18.0. The van der Waals surface area contributed by atoms with Crippen LogP contribution in [-0.2, 0) is 11.2 Å². The summed E-state index contributed by atoms with van der Waals surface area (Å²) in [7, 11) is 0. The van der Waals surface area contributed by atoms with E-state index in [9.17, 15) is 4.79 Å². The van der Waals surface area contributed by atoms with Crippen LogP contribution in [0, 0.1) is 0 Å². The number of carbonyl (C=O) groups is 1. The molecule has 1 unspecified atom stereocenters. The Hall–Kier alpha value is -3.02. The lowest BCUT2D eigenvalue weighted by Gasteiger charge is -2.21. The maximum atomic E-state index is 10.8. The van der Waals surface area contributed by atoms with Crippen LogP contribution in [0.15, 0.2) is 59.6 Å². The van der Waals surface area contributed by atoms with Crippen molar-refractivity contribution in [2.45, 2.75) is 25.7 Å². The number of benzene rings is 2. The molecule has 6 heteroatoms. The molecule has 1 saturated heterocycles. The summed E-state index contributed by atoms with van der Waals surface area (Å²) in [6, 6.07) is 18.4. The third kappa shape index (κ3) is 6.24. The first-order valence-electron chi connectivity index (χ1n) is 10.2. The van der Waals surface area contributed by atoms with Crippen LogP contribution >= 0.6 is 0 Å². The minimum atomic E-state index is -0.476. The van der Waals surface area contributed by atoms with Crippen LogP contribution in [0.4, 0.5) is 0 Å². The Morgan fingerprint density at radius 2 is 1.97 bits per heavy atom. The second-order valence-electron chi connectivity index (χ2n) is 7.23. The van der Waals surface area contributed by atoms with Gasteiger partial charge in [0.1, 0.15) is 5.75 Å². The van der Waals surface area contributed by atoms with Gasteiger partial charge in [-0.3, -0.25) is 9.79 Å². The number of rotatable bonds is 8. The van der Waals surface area contributed by atoms with E-state index < -0.39 is 5.91 Å². The molecule has 1 heterocycles. The Morgan fingerprint density at radius 1 is 1.21 bits per heavy atom. The van der Waals surface area contributed by atoms with Gasteiger partial charge in [-0.2, -0.15) is 0 Å². The van der Waals surface area contributed by atoms with Gasteiger partial charge in [-0.25, -0.2) is 0 Å². The van der Waals surface area contributed by atoms with Crippen LogP contribution in [0.1, 0.15) is 30.4 Å². The van der Waals surface area contributed by atoms with E-state index >= 15 is 0 Å². The molecular formula is C23H30N4O2. The molecule has 0 aliphatic carbocycles. The van der Waals surface area contributed by atoms with Gasteiger partial charge < -0.3 is 20.7 Å². The molecule has 1 amide bonds. The maximum Gasteiger partial charge on any atom is 0.255 e. The second kappa shape index (κ2) is 10.5. The molecule has 3 rings (SSSR count). The number of carbonyl (C=O) groups excluding carboxylic acids is 1. The van der Waals surface area contributed by atoms with Crippen molar-refractivity contribution in [2.24, 2.45) is 10.7 Å². The van der Waals surface area contributed by atoms with Gasteiger partial charge in [-0.05, 0) is 43.0 Å². The molecule has 0 aromatic heterocycles. The van der Waals surface area contributed by atoms with Crippen molar-refractivity contribution < 1.29 is 9.53 Å². The Labute approximate surface area is 172 Å².